The Balaban J connectivity index is 1.40. The van der Waals surface area contributed by atoms with E-state index >= 15 is 0 Å². The molecule has 0 aliphatic heterocycles. The van der Waals surface area contributed by atoms with E-state index in [0.29, 0.717) is 28.9 Å². The van der Waals surface area contributed by atoms with Crippen LogP contribution in [0.3, 0.4) is 0 Å². The normalized spacial score (nSPS) is 45.8. The highest BCUT2D eigenvalue weighted by molar-refractivity contribution is 5.81. The Bertz CT molecular complexity index is 881. The number of tetrazole rings is 1. The molecule has 0 aromatic carbocycles. The summed E-state index contributed by atoms with van der Waals surface area (Å²) in [5.74, 6) is 3.80. The Morgan fingerprint density at radius 3 is 2.48 bits per heavy atom. The second-order valence-corrected chi connectivity index (χ2v) is 12.9. The molecular formula is C27H44N4O2. The standard InChI is InChI=1S/C27H44N4O2/c1-18-28-30-31(29-18)17-24(32)23-9-6-5-8-21-20-11-10-19-16-25(2,33)13-7-14-26(19,3)22(20)12-15-27(21,23)4/h19-23,33H,5-17H2,1-4H3/t19-,20+,21+,22+,23-,25-,26+,27+/m1/s1. The van der Waals surface area contributed by atoms with E-state index < -0.39 is 5.60 Å². The van der Waals surface area contributed by atoms with Gasteiger partial charge in [0.2, 0.25) is 0 Å². The molecule has 5 rings (SSSR count). The van der Waals surface area contributed by atoms with E-state index in [0.717, 1.165) is 50.4 Å². The van der Waals surface area contributed by atoms with Crippen LogP contribution in [0.25, 0.3) is 0 Å². The molecule has 0 radical (unpaired) electrons. The molecule has 0 unspecified atom stereocenters. The van der Waals surface area contributed by atoms with Crippen LogP contribution in [0.5, 0.6) is 0 Å². The van der Waals surface area contributed by atoms with Gasteiger partial charge in [0.05, 0.1) is 5.60 Å². The fraction of sp³-hybridized carbons (Fsp3) is 0.926. The molecule has 184 valence electrons. The first-order valence-electron chi connectivity index (χ1n) is 13.6. The number of ketones is 1. The van der Waals surface area contributed by atoms with Gasteiger partial charge in [0, 0.05) is 5.92 Å². The molecular weight excluding hydrogens is 412 g/mol. The molecule has 33 heavy (non-hydrogen) atoms. The van der Waals surface area contributed by atoms with Gasteiger partial charge in [-0.3, -0.25) is 4.79 Å². The molecule has 4 aliphatic carbocycles. The van der Waals surface area contributed by atoms with Crippen LogP contribution in [0.15, 0.2) is 0 Å². The van der Waals surface area contributed by atoms with Crippen LogP contribution in [0.2, 0.25) is 0 Å². The van der Waals surface area contributed by atoms with Crippen LogP contribution in [0.4, 0.5) is 0 Å². The van der Waals surface area contributed by atoms with E-state index in [1.807, 2.05) is 6.92 Å². The maximum Gasteiger partial charge on any atom is 0.171 e. The Labute approximate surface area is 199 Å². The maximum absolute atomic E-state index is 13.6. The highest BCUT2D eigenvalue weighted by Crippen LogP contribution is 2.66. The number of hydrogen-bond acceptors (Lipinski definition) is 5. The minimum atomic E-state index is -0.494. The molecule has 4 saturated carbocycles. The van der Waals surface area contributed by atoms with Crippen LogP contribution in [-0.4, -0.2) is 36.7 Å². The highest BCUT2D eigenvalue weighted by Gasteiger charge is 2.59. The van der Waals surface area contributed by atoms with E-state index in [1.165, 1.54) is 43.3 Å². The number of carbonyl (C=O) groups is 1. The van der Waals surface area contributed by atoms with Crippen molar-refractivity contribution < 1.29 is 9.90 Å². The van der Waals surface area contributed by atoms with Gasteiger partial charge in [-0.2, -0.15) is 4.80 Å². The van der Waals surface area contributed by atoms with Crippen LogP contribution >= 0.6 is 0 Å². The number of aryl methyl sites for hydroxylation is 1. The fourth-order valence-corrected chi connectivity index (χ4v) is 9.28. The first-order chi connectivity index (χ1) is 15.6. The van der Waals surface area contributed by atoms with Gasteiger partial charge in [0.25, 0.3) is 0 Å². The van der Waals surface area contributed by atoms with Crippen LogP contribution < -0.4 is 0 Å². The summed E-state index contributed by atoms with van der Waals surface area (Å²) < 4.78 is 0. The summed E-state index contributed by atoms with van der Waals surface area (Å²) in [6.07, 6.45) is 14.0. The number of carbonyl (C=O) groups excluding carboxylic acids is 1. The zero-order chi connectivity index (χ0) is 23.4. The minimum absolute atomic E-state index is 0.0871. The third-order valence-corrected chi connectivity index (χ3v) is 10.9. The van der Waals surface area contributed by atoms with Crippen molar-refractivity contribution in [2.24, 2.45) is 40.4 Å². The van der Waals surface area contributed by atoms with Crippen LogP contribution in [0.1, 0.15) is 104 Å². The van der Waals surface area contributed by atoms with Crippen molar-refractivity contribution in [2.45, 2.75) is 117 Å². The lowest BCUT2D eigenvalue weighted by Gasteiger charge is -2.61. The molecule has 4 fully saturated rings. The van der Waals surface area contributed by atoms with Crippen molar-refractivity contribution >= 4 is 5.78 Å². The third kappa shape index (κ3) is 4.08. The van der Waals surface area contributed by atoms with Gasteiger partial charge in [-0.15, -0.1) is 10.2 Å². The molecule has 0 bridgehead atoms. The summed E-state index contributed by atoms with van der Waals surface area (Å²) in [5.41, 5.74) is -0.0610. The number of aliphatic hydroxyl groups is 1. The zero-order valence-electron chi connectivity index (χ0n) is 21.2. The van der Waals surface area contributed by atoms with Gasteiger partial charge in [-0.05, 0) is 111 Å². The molecule has 6 heteroatoms. The molecule has 8 atom stereocenters. The SMILES string of the molecule is Cc1nnn(CC(=O)[C@H]2CCCC[C@H]3[C@@H]4CC[C@@H]5C[C@](C)(O)CCC[C@]5(C)[C@H]4CC[C@]23C)n1. The van der Waals surface area contributed by atoms with Crippen molar-refractivity contribution in [2.75, 3.05) is 0 Å². The Hall–Kier alpha value is -1.30. The zero-order valence-corrected chi connectivity index (χ0v) is 21.2. The molecule has 1 aromatic rings. The van der Waals surface area contributed by atoms with Crippen molar-refractivity contribution in [1.29, 1.82) is 0 Å². The van der Waals surface area contributed by atoms with Gasteiger partial charge >= 0.3 is 0 Å². The average Bonchev–Trinajstić information content (AvgIpc) is 2.98. The second kappa shape index (κ2) is 8.42. The second-order valence-electron chi connectivity index (χ2n) is 12.9. The summed E-state index contributed by atoms with van der Waals surface area (Å²) in [7, 11) is 0. The molecule has 1 N–H and O–H groups in total. The average molecular weight is 457 g/mol. The van der Waals surface area contributed by atoms with Crippen LogP contribution in [0, 0.1) is 47.3 Å². The molecule has 6 nitrogen and oxygen atoms in total. The Morgan fingerprint density at radius 1 is 0.970 bits per heavy atom. The number of nitrogens with zero attached hydrogens (tertiary/aromatic N) is 4. The van der Waals surface area contributed by atoms with Crippen molar-refractivity contribution in [3.8, 4) is 0 Å². The summed E-state index contributed by atoms with van der Waals surface area (Å²) in [6.45, 7) is 9.17. The molecule has 4 aliphatic rings. The van der Waals surface area contributed by atoms with Crippen LogP contribution in [-0.2, 0) is 11.3 Å². The minimum Gasteiger partial charge on any atom is -0.390 e. The summed E-state index contributed by atoms with van der Waals surface area (Å²) >= 11 is 0. The molecule has 1 aromatic heterocycles. The number of rotatable bonds is 3. The van der Waals surface area contributed by atoms with Crippen molar-refractivity contribution in [1.82, 2.24) is 20.2 Å². The van der Waals surface area contributed by atoms with E-state index in [9.17, 15) is 9.90 Å². The molecule has 0 spiro atoms. The van der Waals surface area contributed by atoms with Gasteiger partial charge < -0.3 is 5.11 Å². The first-order valence-corrected chi connectivity index (χ1v) is 13.6. The predicted molar refractivity (Wildman–Crippen MR) is 127 cm³/mol. The number of hydrogen-bond donors (Lipinski definition) is 1. The van der Waals surface area contributed by atoms with E-state index in [2.05, 4.69) is 36.2 Å². The largest absolute Gasteiger partial charge is 0.390 e. The van der Waals surface area contributed by atoms with Gasteiger partial charge in [0.1, 0.15) is 6.54 Å². The number of Topliss-reactive ketones (excluding diaryl/α,β-unsaturated/α-hetero) is 1. The van der Waals surface area contributed by atoms with Gasteiger partial charge in [-0.25, -0.2) is 0 Å². The Morgan fingerprint density at radius 2 is 1.73 bits per heavy atom. The number of fused-ring (bicyclic) bond motifs is 5. The highest BCUT2D eigenvalue weighted by atomic mass is 16.3. The quantitative estimate of drug-likeness (QED) is 0.682. The lowest BCUT2D eigenvalue weighted by molar-refractivity contribution is -0.144. The lowest BCUT2D eigenvalue weighted by atomic mass is 9.44. The fourth-order valence-electron chi connectivity index (χ4n) is 9.28. The van der Waals surface area contributed by atoms with Gasteiger partial charge in [-0.1, -0.05) is 33.1 Å². The van der Waals surface area contributed by atoms with E-state index in [-0.39, 0.29) is 17.9 Å². The van der Waals surface area contributed by atoms with E-state index in [1.54, 1.807) is 0 Å². The topological polar surface area (TPSA) is 80.9 Å². The Kier molecular flexibility index (Phi) is 5.98. The summed E-state index contributed by atoms with van der Waals surface area (Å²) in [5, 5.41) is 23.3. The van der Waals surface area contributed by atoms with Gasteiger partial charge in [0.15, 0.2) is 11.6 Å². The lowest BCUT2D eigenvalue weighted by Crippen LogP contribution is -2.54. The monoisotopic (exact) mass is 456 g/mol. The smallest absolute Gasteiger partial charge is 0.171 e. The first kappa shape index (κ1) is 23.4. The molecule has 0 amide bonds. The van der Waals surface area contributed by atoms with Crippen molar-refractivity contribution in [3.05, 3.63) is 5.82 Å². The summed E-state index contributed by atoms with van der Waals surface area (Å²) in [4.78, 5) is 15.1. The maximum atomic E-state index is 13.6. The molecule has 1 heterocycles. The molecule has 0 saturated heterocycles. The predicted octanol–water partition coefficient (Wildman–Crippen LogP) is 5.13. The van der Waals surface area contributed by atoms with Crippen molar-refractivity contribution in [3.63, 3.8) is 0 Å². The number of aromatic nitrogens is 4. The van der Waals surface area contributed by atoms with E-state index in [4.69, 9.17) is 0 Å². The summed E-state index contributed by atoms with van der Waals surface area (Å²) in [6, 6.07) is 0. The third-order valence-electron chi connectivity index (χ3n) is 10.9.